The fourth-order valence-corrected chi connectivity index (χ4v) is 5.66. The quantitative estimate of drug-likeness (QED) is 0.163. The number of aliphatic hydroxyl groups is 2. The summed E-state index contributed by atoms with van der Waals surface area (Å²) >= 11 is 0. The molecule has 0 aliphatic carbocycles. The second-order valence-electron chi connectivity index (χ2n) is 9.68. The van der Waals surface area contributed by atoms with Crippen molar-refractivity contribution in [3.63, 3.8) is 0 Å². The molecule has 2 aromatic heterocycles. The van der Waals surface area contributed by atoms with Crippen molar-refractivity contribution in [2.24, 2.45) is 5.92 Å². The number of nitrogens with two attached hydrogens (primary N) is 1. The summed E-state index contributed by atoms with van der Waals surface area (Å²) in [6.45, 7) is 2.11. The third-order valence-electron chi connectivity index (χ3n) is 6.88. The van der Waals surface area contributed by atoms with E-state index >= 15 is 0 Å². The molecule has 1 aliphatic heterocycles. The molecule has 226 valence electrons. The average molecular weight is 606 g/mol. The topological polar surface area (TPSA) is 204 Å². The second kappa shape index (κ2) is 13.2. The summed E-state index contributed by atoms with van der Waals surface area (Å²) in [6, 6.07) is 8.91. The Kier molecular flexibility index (Phi) is 8.55. The number of nitrogens with one attached hydrogen (secondary N) is 1. The van der Waals surface area contributed by atoms with E-state index in [1.807, 2.05) is 13.8 Å². The highest BCUT2D eigenvalue weighted by Gasteiger charge is 2.58. The lowest BCUT2D eigenvalue weighted by atomic mass is 9.92. The monoisotopic (exact) mass is 605 g/mol. The highest BCUT2D eigenvalue weighted by molar-refractivity contribution is 7.52. The third-order valence-corrected chi connectivity index (χ3v) is 8.38. The van der Waals surface area contributed by atoms with Crippen LogP contribution in [-0.4, -0.2) is 68.3 Å². The van der Waals surface area contributed by atoms with Gasteiger partial charge in [-0.2, -0.15) is 15.4 Å². The van der Waals surface area contributed by atoms with Crippen LogP contribution in [0.3, 0.4) is 0 Å². The fraction of sp³-hybridized carbons (Fsp3) is 0.481. The SMILES string of the molecule is [2H]c1cc([C@]2(C#N)O[C@H](C([2H])([2H])O[P@@](=O)(N[C@@H](C)C(=O)OCC(CC)CC)Oc3ccccc3)[C@@H](O)[C@H]2O)n2ncnc(N)c12. The smallest absolute Gasteiger partial charge is 0.459 e. The predicted octanol–water partition coefficient (Wildman–Crippen LogP) is 2.31. The largest absolute Gasteiger partial charge is 0.464 e. The number of rotatable bonds is 13. The zero-order valence-corrected chi connectivity index (χ0v) is 24.1. The Balaban J connectivity index is 1.65. The molecule has 3 heterocycles. The number of nitrogen functional groups attached to an aromatic ring is 1. The number of aromatic nitrogens is 3. The molecule has 0 saturated carbocycles. The van der Waals surface area contributed by atoms with Crippen molar-refractivity contribution in [1.29, 1.82) is 5.26 Å². The van der Waals surface area contributed by atoms with Crippen LogP contribution in [0.2, 0.25) is 0 Å². The lowest BCUT2D eigenvalue weighted by Gasteiger charge is -2.25. The van der Waals surface area contributed by atoms with Crippen LogP contribution in [0, 0.1) is 17.2 Å². The van der Waals surface area contributed by atoms with Gasteiger partial charge in [-0.25, -0.2) is 14.1 Å². The Morgan fingerprint density at radius 3 is 2.74 bits per heavy atom. The fourth-order valence-electron chi connectivity index (χ4n) is 4.30. The molecular formula is C27H35N6O8P. The molecule has 1 fully saturated rings. The third kappa shape index (κ3) is 6.42. The molecule has 6 atom stereocenters. The van der Waals surface area contributed by atoms with Gasteiger partial charge in [-0.3, -0.25) is 9.32 Å². The molecule has 1 saturated heterocycles. The summed E-state index contributed by atoms with van der Waals surface area (Å²) in [7, 11) is -4.85. The van der Waals surface area contributed by atoms with Gasteiger partial charge in [0.2, 0.25) is 5.60 Å². The number of ether oxygens (including phenoxy) is 2. The Morgan fingerprint density at radius 1 is 1.36 bits per heavy atom. The molecule has 1 aromatic carbocycles. The molecule has 15 heteroatoms. The maximum atomic E-state index is 14.1. The van der Waals surface area contributed by atoms with Crippen LogP contribution < -0.4 is 15.3 Å². The van der Waals surface area contributed by atoms with Gasteiger partial charge in [-0.05, 0) is 37.1 Å². The van der Waals surface area contributed by atoms with Gasteiger partial charge in [0.1, 0.15) is 48.0 Å². The number of para-hydroxylation sites is 1. The number of aliphatic hydroxyl groups excluding tert-OH is 2. The van der Waals surface area contributed by atoms with E-state index in [1.54, 1.807) is 24.3 Å². The first-order valence-electron chi connectivity index (χ1n) is 14.8. The second-order valence-corrected chi connectivity index (χ2v) is 11.3. The summed E-state index contributed by atoms with van der Waals surface area (Å²) in [5.74, 6) is -0.818. The lowest BCUT2D eigenvalue weighted by Crippen LogP contribution is -2.41. The Labute approximate surface area is 247 Å². The van der Waals surface area contributed by atoms with E-state index in [1.165, 1.54) is 19.1 Å². The van der Waals surface area contributed by atoms with Gasteiger partial charge in [-0.15, -0.1) is 0 Å². The van der Waals surface area contributed by atoms with Crippen LogP contribution in [-0.2, 0) is 29.0 Å². The first kappa shape index (κ1) is 27.3. The number of hydrogen-bond donors (Lipinski definition) is 4. The maximum Gasteiger partial charge on any atom is 0.459 e. The number of esters is 1. The van der Waals surface area contributed by atoms with Crippen molar-refractivity contribution in [2.75, 3.05) is 18.9 Å². The maximum absolute atomic E-state index is 14.1. The summed E-state index contributed by atoms with van der Waals surface area (Å²) in [6.07, 6.45) is -3.82. The van der Waals surface area contributed by atoms with E-state index in [-0.39, 0.29) is 41.3 Å². The van der Waals surface area contributed by atoms with Crippen LogP contribution in [0.5, 0.6) is 5.75 Å². The molecule has 0 spiro atoms. The van der Waals surface area contributed by atoms with E-state index in [4.69, 9.17) is 28.4 Å². The number of anilines is 1. The Morgan fingerprint density at radius 2 is 2.07 bits per heavy atom. The van der Waals surface area contributed by atoms with Crippen LogP contribution in [0.1, 0.15) is 43.4 Å². The highest BCUT2D eigenvalue weighted by Crippen LogP contribution is 2.47. The highest BCUT2D eigenvalue weighted by atomic mass is 31.2. The molecule has 0 unspecified atom stereocenters. The normalized spacial score (nSPS) is 25.6. The van der Waals surface area contributed by atoms with Gasteiger partial charge < -0.3 is 29.9 Å². The van der Waals surface area contributed by atoms with Crippen molar-refractivity contribution in [2.45, 2.75) is 63.6 Å². The molecule has 0 bridgehead atoms. The van der Waals surface area contributed by atoms with E-state index in [0.717, 1.165) is 29.8 Å². The number of nitrogens with zero attached hydrogens (tertiary/aromatic N) is 4. The van der Waals surface area contributed by atoms with E-state index in [0.29, 0.717) is 0 Å². The first-order chi connectivity index (χ1) is 21.2. The summed E-state index contributed by atoms with van der Waals surface area (Å²) in [5, 5.41) is 38.6. The van der Waals surface area contributed by atoms with Gasteiger partial charge in [-0.1, -0.05) is 44.9 Å². The molecule has 14 nitrogen and oxygen atoms in total. The minimum absolute atomic E-state index is 0.0130. The van der Waals surface area contributed by atoms with Crippen molar-refractivity contribution in [3.8, 4) is 11.8 Å². The zero-order valence-electron chi connectivity index (χ0n) is 26.2. The van der Waals surface area contributed by atoms with Crippen LogP contribution in [0.25, 0.3) is 5.52 Å². The van der Waals surface area contributed by atoms with E-state index < -0.39 is 50.2 Å². The molecule has 1 aliphatic rings. The average Bonchev–Trinajstić information content (AvgIpc) is 3.48. The van der Waals surface area contributed by atoms with Crippen molar-refractivity contribution in [1.82, 2.24) is 19.7 Å². The Hall–Kier alpha value is -3.57. The molecule has 3 aromatic rings. The van der Waals surface area contributed by atoms with Gasteiger partial charge in [0, 0.05) is 0 Å². The minimum atomic E-state index is -4.85. The summed E-state index contributed by atoms with van der Waals surface area (Å²) in [4.78, 5) is 16.6. The van der Waals surface area contributed by atoms with E-state index in [9.17, 15) is 24.8 Å². The predicted molar refractivity (Wildman–Crippen MR) is 150 cm³/mol. The molecule has 42 heavy (non-hydrogen) atoms. The van der Waals surface area contributed by atoms with Crippen LogP contribution >= 0.6 is 7.75 Å². The van der Waals surface area contributed by atoms with Crippen molar-refractivity contribution in [3.05, 3.63) is 54.5 Å². The first-order valence-corrected chi connectivity index (χ1v) is 14.8. The van der Waals surface area contributed by atoms with Gasteiger partial charge in [0.05, 0.1) is 23.0 Å². The Bertz CT molecular complexity index is 1600. The molecule has 4 rings (SSSR count). The lowest BCUT2D eigenvalue weighted by molar-refractivity contribution is -0.146. The van der Waals surface area contributed by atoms with Crippen LogP contribution in [0.4, 0.5) is 5.82 Å². The van der Waals surface area contributed by atoms with Gasteiger partial charge in [0.15, 0.2) is 5.82 Å². The minimum Gasteiger partial charge on any atom is -0.464 e. The molecule has 5 N–H and O–H groups in total. The van der Waals surface area contributed by atoms with Crippen molar-refractivity contribution >= 4 is 25.1 Å². The number of hydrogen-bond acceptors (Lipinski definition) is 12. The van der Waals surface area contributed by atoms with Crippen LogP contribution in [0.15, 0.2) is 48.8 Å². The van der Waals surface area contributed by atoms with Gasteiger partial charge in [0.25, 0.3) is 0 Å². The molecule has 0 amide bonds. The standard InChI is InChI=1S/C27H35N6O8P/c1-4-18(5-2)13-38-26(36)17(3)32-42(37,41-19-9-7-6-8-10-19)39-14-21-23(34)24(35)27(15-28,40-21)22-12-11-20-25(29)30-16-31-33(20)22/h6-12,16-18,21,23-24,34-35H,4-5,13-14H2,1-3H3,(H,32,37)(H2,29,30,31)/t17-,21+,23+,24+,27-,42-/m0/s1/i11D,14D2. The number of carbonyl (C=O) groups excluding carboxylic acids is 1. The summed E-state index contributed by atoms with van der Waals surface area (Å²) < 4.78 is 62.6. The van der Waals surface area contributed by atoms with Crippen molar-refractivity contribution < 1.29 is 42.2 Å². The number of fused-ring (bicyclic) bond motifs is 1. The van der Waals surface area contributed by atoms with Gasteiger partial charge >= 0.3 is 13.7 Å². The number of benzene rings is 1. The number of nitriles is 1. The molecule has 0 radical (unpaired) electrons. The summed E-state index contributed by atoms with van der Waals surface area (Å²) in [5.41, 5.74) is 3.10. The molecular weight excluding hydrogens is 567 g/mol. The van der Waals surface area contributed by atoms with E-state index in [2.05, 4.69) is 15.2 Å². The zero-order chi connectivity index (χ0) is 33.2. The number of carbonyl (C=O) groups is 1.